The van der Waals surface area contributed by atoms with Crippen LogP contribution in [0.5, 0.6) is 69.0 Å². The Morgan fingerprint density at radius 1 is 0.245 bits per heavy atom. The smallest absolute Gasteiger partial charge is 0.308 e. The molecule has 0 saturated heterocycles. The Labute approximate surface area is 560 Å². The lowest BCUT2D eigenvalue weighted by Crippen LogP contribution is -2.22. The van der Waals surface area contributed by atoms with Gasteiger partial charge in [-0.2, -0.15) is 0 Å². The molecule has 498 valence electrons. The molecule has 2 heterocycles. The average molecular weight is 1330 g/mol. The van der Waals surface area contributed by atoms with Crippen LogP contribution in [0.1, 0.15) is 184 Å². The summed E-state index contributed by atoms with van der Waals surface area (Å²) in [5.41, 5.74) is 5.67. The van der Waals surface area contributed by atoms with Crippen LogP contribution in [0.15, 0.2) is 146 Å². The van der Waals surface area contributed by atoms with Gasteiger partial charge in [-0.3, -0.25) is 47.9 Å². The number of hydrogen-bond acceptors (Lipinski definition) is 22. The lowest BCUT2D eigenvalue weighted by Gasteiger charge is -2.35. The number of hydrogen-bond donors (Lipinski definition) is 0. The Morgan fingerprint density at radius 3 is 1.00 bits per heavy atom. The Balaban J connectivity index is 1.26. The number of fused-ring (bicyclic) bond motifs is 3. The lowest BCUT2D eigenvalue weighted by molar-refractivity contribution is -0.133. The van der Waals surface area contributed by atoms with Crippen molar-refractivity contribution in [1.29, 1.82) is 0 Å². The van der Waals surface area contributed by atoms with Crippen molar-refractivity contribution in [2.75, 3.05) is 0 Å². The molecule has 0 amide bonds. The van der Waals surface area contributed by atoms with Gasteiger partial charge in [0.15, 0.2) is 0 Å². The highest BCUT2D eigenvalue weighted by Crippen LogP contribution is 2.72. The minimum Gasteiger partial charge on any atom is -0.484 e. The maximum atomic E-state index is 14.2. The number of rotatable bonds is 16. The molecule has 4 aliphatic rings. The van der Waals surface area contributed by atoms with Crippen LogP contribution in [-0.4, -0.2) is 59.7 Å². The first-order valence-electron chi connectivity index (χ1n) is 31.0. The molecule has 0 fully saturated rings. The Morgan fingerprint density at radius 2 is 0.582 bits per heavy atom. The molecule has 8 aromatic carbocycles. The van der Waals surface area contributed by atoms with E-state index in [0.717, 1.165) is 0 Å². The number of carbonyl (C=O) groups excluding carboxylic acids is 10. The summed E-state index contributed by atoms with van der Waals surface area (Å²) in [6.07, 6.45) is -2.10. The second kappa shape index (κ2) is 26.7. The first kappa shape index (κ1) is 66.1. The van der Waals surface area contributed by atoms with Crippen LogP contribution in [0.4, 0.5) is 0 Å². The molecule has 22 heteroatoms. The quantitative estimate of drug-likeness (QED) is 0.0641. The van der Waals surface area contributed by atoms with Gasteiger partial charge >= 0.3 is 59.7 Å². The molecule has 0 aromatic heterocycles. The van der Waals surface area contributed by atoms with E-state index in [1.165, 1.54) is 81.4 Å². The van der Waals surface area contributed by atoms with Crippen molar-refractivity contribution in [1.82, 2.24) is 0 Å². The molecule has 2 aliphatic heterocycles. The number of benzene rings is 8. The van der Waals surface area contributed by atoms with Crippen molar-refractivity contribution in [2.45, 2.75) is 117 Å². The highest BCUT2D eigenvalue weighted by Gasteiger charge is 2.58. The standard InChI is InChI=1S/C76H62O22/c1-35(77)87-50-19-11-45(12-20-50)64-67-59(31-57(94-42(8)84)32-60(67)95-43(9)85)70-72-63(98-76(70)48-17-25-53(26-18-48)90-38(4)80)34-62(96-44(10)86)71-69(65(73(64)74(71)72)46-13-21-51(22-14-46)88-36(2)78)58-30-56(93-41(7)83)33-61-68(58)66(75(97-61)47-15-23-52(24-16-47)89-37(3)79)49-27-54(91-39(5)81)29-55(28-49)92-40(6)82/h11-34,64-66,69-70,73,75-76H,1-10H3/t64-,65-,66-,69-,70-,73+,75-,76+/m0/s1. The summed E-state index contributed by atoms with van der Waals surface area (Å²) < 4.78 is 73.2. The van der Waals surface area contributed by atoms with Gasteiger partial charge in [0.1, 0.15) is 81.2 Å². The Bertz CT molecular complexity index is 4610. The van der Waals surface area contributed by atoms with Crippen LogP contribution in [0.25, 0.3) is 0 Å². The van der Waals surface area contributed by atoms with E-state index in [-0.39, 0.29) is 69.0 Å². The van der Waals surface area contributed by atoms with Gasteiger partial charge in [-0.05, 0) is 117 Å². The molecule has 0 bridgehead atoms. The molecule has 0 radical (unpaired) electrons. The molecule has 0 spiro atoms. The van der Waals surface area contributed by atoms with Gasteiger partial charge in [-0.1, -0.05) is 48.5 Å². The van der Waals surface area contributed by atoms with Crippen molar-refractivity contribution in [3.63, 3.8) is 0 Å². The summed E-state index contributed by atoms with van der Waals surface area (Å²) in [7, 11) is 0. The zero-order valence-corrected chi connectivity index (χ0v) is 54.5. The molecule has 22 nitrogen and oxygen atoms in total. The van der Waals surface area contributed by atoms with Gasteiger partial charge in [0.2, 0.25) is 0 Å². The third-order valence-electron chi connectivity index (χ3n) is 16.9. The largest absolute Gasteiger partial charge is 0.484 e. The summed E-state index contributed by atoms with van der Waals surface area (Å²) in [4.78, 5) is 130. The first-order valence-corrected chi connectivity index (χ1v) is 31.0. The Kier molecular flexibility index (Phi) is 18.0. The zero-order chi connectivity index (χ0) is 69.7. The molecule has 8 aromatic rings. The molecule has 2 aliphatic carbocycles. The van der Waals surface area contributed by atoms with Crippen molar-refractivity contribution < 1.29 is 105 Å². The van der Waals surface area contributed by atoms with Crippen molar-refractivity contribution in [2.24, 2.45) is 0 Å². The van der Waals surface area contributed by atoms with Crippen LogP contribution in [0.3, 0.4) is 0 Å². The molecular weight excluding hydrogens is 1260 g/mol. The molecular formula is C76H62O22. The fourth-order valence-corrected chi connectivity index (χ4v) is 14.2. The lowest BCUT2D eigenvalue weighted by atomic mass is 9.68. The van der Waals surface area contributed by atoms with E-state index < -0.39 is 107 Å². The molecule has 98 heavy (non-hydrogen) atoms. The Hall–Kier alpha value is -11.9. The fraction of sp³-hybridized carbons (Fsp3) is 0.237. The highest BCUT2D eigenvalue weighted by molar-refractivity contribution is 5.81. The van der Waals surface area contributed by atoms with Crippen LogP contribution >= 0.6 is 0 Å². The van der Waals surface area contributed by atoms with E-state index in [2.05, 4.69) is 0 Å². The second-order valence-electron chi connectivity index (χ2n) is 24.0. The number of esters is 10. The predicted molar refractivity (Wildman–Crippen MR) is 344 cm³/mol. The topological polar surface area (TPSA) is 281 Å². The third kappa shape index (κ3) is 13.4. The van der Waals surface area contributed by atoms with Gasteiger partial charge in [0.25, 0.3) is 0 Å². The molecule has 0 unspecified atom stereocenters. The molecule has 8 atom stereocenters. The van der Waals surface area contributed by atoms with E-state index in [9.17, 15) is 47.9 Å². The maximum Gasteiger partial charge on any atom is 0.308 e. The molecule has 0 N–H and O–H groups in total. The fourth-order valence-electron chi connectivity index (χ4n) is 14.2. The van der Waals surface area contributed by atoms with E-state index in [4.69, 9.17) is 56.8 Å². The van der Waals surface area contributed by atoms with E-state index in [1.54, 1.807) is 133 Å². The molecule has 0 saturated carbocycles. The SMILES string of the molecule is CC(=O)Oc1ccc([C@H]2c3c(OC(C)=O)cc(OC(C)=O)cc3[C@H]3c4c(cc(OC(C)=O)c5c4[C@H]2[C@@H](c2ccc(OC(C)=O)cc2)[C@@H]5c2cc(OC(C)=O)cc4c2[C@H](c2cc(OC(C)=O)cc(OC(C)=O)c2)[C@H](c2ccc(OC(C)=O)cc2)O4)O[C@@H]3c2ccc(OC(C)=O)cc2)cc1. The third-order valence-corrected chi connectivity index (χ3v) is 16.9. The normalized spacial score (nSPS) is 18.7. The van der Waals surface area contributed by atoms with Crippen LogP contribution in [0.2, 0.25) is 0 Å². The summed E-state index contributed by atoms with van der Waals surface area (Å²) >= 11 is 0. The first-order chi connectivity index (χ1) is 46.7. The van der Waals surface area contributed by atoms with Gasteiger partial charge < -0.3 is 56.8 Å². The minimum absolute atomic E-state index is 0.00190. The van der Waals surface area contributed by atoms with Crippen molar-refractivity contribution >= 4 is 59.7 Å². The van der Waals surface area contributed by atoms with E-state index >= 15 is 0 Å². The zero-order valence-electron chi connectivity index (χ0n) is 54.5. The van der Waals surface area contributed by atoms with Gasteiger partial charge in [0, 0.05) is 139 Å². The second-order valence-corrected chi connectivity index (χ2v) is 24.0. The van der Waals surface area contributed by atoms with Crippen molar-refractivity contribution in [3.8, 4) is 69.0 Å². The van der Waals surface area contributed by atoms with Crippen molar-refractivity contribution in [3.05, 3.63) is 212 Å². The predicted octanol–water partition coefficient (Wildman–Crippen LogP) is 12.6. The summed E-state index contributed by atoms with van der Waals surface area (Å²) in [5.74, 6) is -11.7. The van der Waals surface area contributed by atoms with Gasteiger partial charge in [-0.25, -0.2) is 0 Å². The van der Waals surface area contributed by atoms with Gasteiger partial charge in [-0.15, -0.1) is 0 Å². The summed E-state index contributed by atoms with van der Waals surface area (Å²) in [6, 6.07) is 39.3. The van der Waals surface area contributed by atoms with Crippen LogP contribution in [0, 0.1) is 0 Å². The van der Waals surface area contributed by atoms with E-state index in [0.29, 0.717) is 66.8 Å². The monoisotopic (exact) mass is 1330 g/mol. The summed E-state index contributed by atoms with van der Waals surface area (Å²) in [5, 5.41) is 0. The number of ether oxygens (including phenoxy) is 12. The number of carbonyl (C=O) groups is 10. The highest BCUT2D eigenvalue weighted by atomic mass is 16.6. The van der Waals surface area contributed by atoms with Gasteiger partial charge in [0.05, 0.1) is 11.8 Å². The minimum atomic E-state index is -1.12. The van der Waals surface area contributed by atoms with Crippen LogP contribution in [-0.2, 0) is 47.9 Å². The maximum absolute atomic E-state index is 14.2. The average Bonchev–Trinajstić information content (AvgIpc) is 1.51. The summed E-state index contributed by atoms with van der Waals surface area (Å²) in [6.45, 7) is 12.4. The van der Waals surface area contributed by atoms with Crippen LogP contribution < -0.4 is 56.8 Å². The van der Waals surface area contributed by atoms with E-state index in [1.807, 2.05) is 0 Å². The molecule has 12 rings (SSSR count).